The summed E-state index contributed by atoms with van der Waals surface area (Å²) >= 11 is 6.08. The molecule has 0 amide bonds. The van der Waals surface area contributed by atoms with Gasteiger partial charge in [0.15, 0.2) is 0 Å². The predicted molar refractivity (Wildman–Crippen MR) is 72.0 cm³/mol. The summed E-state index contributed by atoms with van der Waals surface area (Å²) in [6.07, 6.45) is 0. The van der Waals surface area contributed by atoms with Gasteiger partial charge in [0, 0.05) is 5.69 Å². The van der Waals surface area contributed by atoms with Crippen LogP contribution in [0, 0.1) is 0 Å². The molecule has 0 bridgehead atoms. The molecule has 1 aromatic rings. The highest BCUT2D eigenvalue weighted by molar-refractivity contribution is 6.32. The van der Waals surface area contributed by atoms with Crippen LogP contribution in [0.5, 0.6) is 5.75 Å². The van der Waals surface area contributed by atoms with Crippen molar-refractivity contribution in [2.45, 2.75) is 39.3 Å². The van der Waals surface area contributed by atoms with Gasteiger partial charge in [0.1, 0.15) is 5.75 Å². The number of halogens is 1. The van der Waals surface area contributed by atoms with E-state index in [0.29, 0.717) is 17.4 Å². The van der Waals surface area contributed by atoms with Crippen LogP contribution < -0.4 is 10.1 Å². The lowest BCUT2D eigenvalue weighted by Gasteiger charge is -2.27. The van der Waals surface area contributed by atoms with E-state index in [1.54, 1.807) is 19.9 Å². The van der Waals surface area contributed by atoms with Crippen LogP contribution in [-0.4, -0.2) is 23.4 Å². The van der Waals surface area contributed by atoms with Gasteiger partial charge in [0.25, 0.3) is 0 Å². The Morgan fingerprint density at radius 2 is 2.12 bits per heavy atom. The largest absolute Gasteiger partial charge is 0.492 e. The van der Waals surface area contributed by atoms with Crippen LogP contribution in [0.4, 0.5) is 5.69 Å². The predicted octanol–water partition coefficient (Wildman–Crippen LogP) is 3.31. The lowest BCUT2D eigenvalue weighted by molar-refractivity contribution is 0.0649. The number of ether oxygens (including phenoxy) is 1. The van der Waals surface area contributed by atoms with Gasteiger partial charge in [-0.2, -0.15) is 0 Å². The van der Waals surface area contributed by atoms with Crippen molar-refractivity contribution in [3.63, 3.8) is 0 Å². The van der Waals surface area contributed by atoms with E-state index in [0.717, 1.165) is 5.69 Å². The third-order valence-corrected chi connectivity index (χ3v) is 2.97. The Morgan fingerprint density at radius 1 is 1.47 bits per heavy atom. The molecule has 0 heterocycles. The topological polar surface area (TPSA) is 41.5 Å². The number of aliphatic hydroxyl groups is 1. The smallest absolute Gasteiger partial charge is 0.138 e. The molecule has 4 heteroatoms. The van der Waals surface area contributed by atoms with E-state index in [1.807, 2.05) is 26.0 Å². The summed E-state index contributed by atoms with van der Waals surface area (Å²) in [6, 6.07) is 5.44. The summed E-state index contributed by atoms with van der Waals surface area (Å²) in [5, 5.41) is 13.6. The monoisotopic (exact) mass is 257 g/mol. The molecule has 2 N–H and O–H groups in total. The summed E-state index contributed by atoms with van der Waals surface area (Å²) in [5.41, 5.74) is 0.0820. The molecular weight excluding hydrogens is 238 g/mol. The summed E-state index contributed by atoms with van der Waals surface area (Å²) in [6.45, 7) is 7.96. The summed E-state index contributed by atoms with van der Waals surface area (Å²) in [5.74, 6) is 0.677. The first-order valence-electron chi connectivity index (χ1n) is 5.76. The molecule has 0 saturated heterocycles. The normalized spacial score (nSPS) is 13.3. The Kier molecular flexibility index (Phi) is 4.66. The van der Waals surface area contributed by atoms with Crippen molar-refractivity contribution >= 4 is 17.3 Å². The Morgan fingerprint density at radius 3 is 2.59 bits per heavy atom. The molecule has 1 unspecified atom stereocenters. The van der Waals surface area contributed by atoms with Gasteiger partial charge in [-0.15, -0.1) is 0 Å². The van der Waals surface area contributed by atoms with Gasteiger partial charge in [0.05, 0.1) is 23.3 Å². The minimum atomic E-state index is -0.787. The van der Waals surface area contributed by atoms with Crippen molar-refractivity contribution < 1.29 is 9.84 Å². The lowest BCUT2D eigenvalue weighted by atomic mass is 10.0. The lowest BCUT2D eigenvalue weighted by Crippen LogP contribution is -2.39. The molecule has 96 valence electrons. The van der Waals surface area contributed by atoms with Gasteiger partial charge in [-0.05, 0) is 45.9 Å². The fourth-order valence-electron chi connectivity index (χ4n) is 1.29. The van der Waals surface area contributed by atoms with Gasteiger partial charge >= 0.3 is 0 Å². The van der Waals surface area contributed by atoms with E-state index in [-0.39, 0.29) is 6.04 Å². The maximum atomic E-state index is 9.84. The molecule has 0 aromatic heterocycles. The van der Waals surface area contributed by atoms with E-state index >= 15 is 0 Å². The number of hydrogen-bond donors (Lipinski definition) is 2. The Bertz CT molecular complexity index is 374. The minimum absolute atomic E-state index is 0.0727. The highest BCUT2D eigenvalue weighted by Gasteiger charge is 2.22. The first kappa shape index (κ1) is 14.1. The number of nitrogens with one attached hydrogen (secondary N) is 1. The van der Waals surface area contributed by atoms with Crippen LogP contribution >= 0.6 is 11.6 Å². The van der Waals surface area contributed by atoms with Gasteiger partial charge in [-0.1, -0.05) is 11.6 Å². The van der Waals surface area contributed by atoms with Crippen molar-refractivity contribution in [3.05, 3.63) is 23.2 Å². The zero-order valence-electron chi connectivity index (χ0n) is 10.7. The molecular formula is C13H20ClNO2. The summed E-state index contributed by atoms with van der Waals surface area (Å²) in [7, 11) is 0. The SMILES string of the molecule is CCOc1ccc(NC(C)C(C)(C)O)cc1Cl. The molecule has 3 nitrogen and oxygen atoms in total. The number of anilines is 1. The molecule has 1 atom stereocenters. The molecule has 1 rings (SSSR count). The minimum Gasteiger partial charge on any atom is -0.492 e. The zero-order valence-corrected chi connectivity index (χ0v) is 11.5. The van der Waals surface area contributed by atoms with Crippen LogP contribution in [0.1, 0.15) is 27.7 Å². The molecule has 0 radical (unpaired) electrons. The average Bonchev–Trinajstić information content (AvgIpc) is 2.21. The van der Waals surface area contributed by atoms with E-state index < -0.39 is 5.60 Å². The van der Waals surface area contributed by atoms with Crippen LogP contribution in [0.25, 0.3) is 0 Å². The van der Waals surface area contributed by atoms with E-state index in [1.165, 1.54) is 0 Å². The fourth-order valence-corrected chi connectivity index (χ4v) is 1.52. The van der Waals surface area contributed by atoms with Gasteiger partial charge < -0.3 is 15.2 Å². The maximum absolute atomic E-state index is 9.84. The standard InChI is InChI=1S/C13H20ClNO2/c1-5-17-12-7-6-10(8-11(12)14)15-9(2)13(3,4)16/h6-9,15-16H,5H2,1-4H3. The number of benzene rings is 1. The van der Waals surface area contributed by atoms with Crippen molar-refractivity contribution in [1.29, 1.82) is 0 Å². The number of hydrogen-bond acceptors (Lipinski definition) is 3. The second kappa shape index (κ2) is 5.61. The summed E-state index contributed by atoms with van der Waals surface area (Å²) in [4.78, 5) is 0. The molecule has 0 aliphatic rings. The molecule has 0 saturated carbocycles. The van der Waals surface area contributed by atoms with Gasteiger partial charge in [0.2, 0.25) is 0 Å². The highest BCUT2D eigenvalue weighted by atomic mass is 35.5. The quantitative estimate of drug-likeness (QED) is 0.850. The third kappa shape index (κ3) is 4.10. The Labute approximate surface area is 108 Å². The molecule has 1 aromatic carbocycles. The van der Waals surface area contributed by atoms with Crippen molar-refractivity contribution in [2.24, 2.45) is 0 Å². The van der Waals surface area contributed by atoms with Crippen molar-refractivity contribution in [2.75, 3.05) is 11.9 Å². The van der Waals surface area contributed by atoms with E-state index in [9.17, 15) is 5.11 Å². The Hall–Kier alpha value is -0.930. The first-order valence-corrected chi connectivity index (χ1v) is 6.13. The maximum Gasteiger partial charge on any atom is 0.138 e. The van der Waals surface area contributed by atoms with E-state index in [4.69, 9.17) is 16.3 Å². The third-order valence-electron chi connectivity index (χ3n) is 2.67. The van der Waals surface area contributed by atoms with Crippen molar-refractivity contribution in [3.8, 4) is 5.75 Å². The Balaban J connectivity index is 2.77. The fraction of sp³-hybridized carbons (Fsp3) is 0.538. The van der Waals surface area contributed by atoms with Crippen LogP contribution in [-0.2, 0) is 0 Å². The zero-order chi connectivity index (χ0) is 13.1. The second-order valence-electron chi connectivity index (χ2n) is 4.60. The van der Waals surface area contributed by atoms with Gasteiger partial charge in [-0.3, -0.25) is 0 Å². The molecule has 0 aliphatic heterocycles. The molecule has 0 aliphatic carbocycles. The van der Waals surface area contributed by atoms with E-state index in [2.05, 4.69) is 5.32 Å². The molecule has 0 fully saturated rings. The first-order chi connectivity index (χ1) is 7.84. The summed E-state index contributed by atoms with van der Waals surface area (Å²) < 4.78 is 5.35. The second-order valence-corrected chi connectivity index (χ2v) is 5.01. The van der Waals surface area contributed by atoms with Gasteiger partial charge in [-0.25, -0.2) is 0 Å². The average molecular weight is 258 g/mol. The molecule has 17 heavy (non-hydrogen) atoms. The van der Waals surface area contributed by atoms with Crippen LogP contribution in [0.2, 0.25) is 5.02 Å². The number of rotatable bonds is 5. The van der Waals surface area contributed by atoms with Crippen LogP contribution in [0.3, 0.4) is 0 Å². The molecule has 0 spiro atoms. The highest BCUT2D eigenvalue weighted by Crippen LogP contribution is 2.28. The van der Waals surface area contributed by atoms with Crippen LogP contribution in [0.15, 0.2) is 18.2 Å². The van der Waals surface area contributed by atoms with Crippen molar-refractivity contribution in [1.82, 2.24) is 0 Å².